The molecule has 2 aliphatic carbocycles. The number of hydrazine groups is 1. The number of nitrogens with two attached hydrogens (primary N) is 1. The number of nitrogens with one attached hydrogen (secondary N) is 1. The molecule has 3 unspecified atom stereocenters. The van der Waals surface area contributed by atoms with Crippen molar-refractivity contribution in [2.75, 3.05) is 0 Å². The van der Waals surface area contributed by atoms with Gasteiger partial charge in [0, 0.05) is 6.04 Å². The summed E-state index contributed by atoms with van der Waals surface area (Å²) in [5.74, 6) is 0.798. The van der Waals surface area contributed by atoms with E-state index in [1.54, 1.807) is 0 Å². The van der Waals surface area contributed by atoms with Crippen LogP contribution in [0.2, 0.25) is 0 Å². The van der Waals surface area contributed by atoms with E-state index in [2.05, 4.69) is 24.3 Å². The van der Waals surface area contributed by atoms with Crippen molar-refractivity contribution in [3.05, 3.63) is 0 Å². The van der Waals surface area contributed by atoms with Crippen molar-refractivity contribution in [1.82, 2.24) is 10.4 Å². The van der Waals surface area contributed by atoms with Crippen molar-refractivity contribution in [2.24, 2.45) is 11.7 Å². The van der Waals surface area contributed by atoms with E-state index in [1.807, 2.05) is 0 Å². The fraction of sp³-hybridized carbons (Fsp3) is 1.00. The Bertz CT molecular complexity index is 329. The average Bonchev–Trinajstić information content (AvgIpc) is 2.97. The molecule has 0 amide bonds. The van der Waals surface area contributed by atoms with Gasteiger partial charge in [-0.25, -0.2) is 10.4 Å². The zero-order valence-corrected chi connectivity index (χ0v) is 13.5. The molecule has 3 aliphatic rings. The first-order valence-corrected chi connectivity index (χ1v) is 8.98. The Morgan fingerprint density at radius 3 is 2.10 bits per heavy atom. The maximum absolute atomic E-state index is 6.71. The van der Waals surface area contributed by atoms with E-state index in [0.717, 1.165) is 5.92 Å². The first-order chi connectivity index (χ1) is 9.63. The molecule has 3 rings (SSSR count). The van der Waals surface area contributed by atoms with E-state index in [1.165, 1.54) is 70.6 Å². The third kappa shape index (κ3) is 2.22. The molecule has 3 N–H and O–H groups in total. The molecule has 1 heterocycles. The molecule has 1 saturated heterocycles. The summed E-state index contributed by atoms with van der Waals surface area (Å²) in [6, 6.07) is 0.670. The molecule has 3 heteroatoms. The SMILES string of the molecule is CCC1(C2CCCCC2)N(NC2CCCCC2)C1(C)N. The van der Waals surface area contributed by atoms with E-state index in [-0.39, 0.29) is 11.2 Å². The van der Waals surface area contributed by atoms with Crippen LogP contribution >= 0.6 is 0 Å². The average molecular weight is 279 g/mol. The highest BCUT2D eigenvalue weighted by Crippen LogP contribution is 2.57. The molecule has 3 nitrogen and oxygen atoms in total. The lowest BCUT2D eigenvalue weighted by Crippen LogP contribution is -2.42. The Kier molecular flexibility index (Phi) is 4.13. The second kappa shape index (κ2) is 5.58. The summed E-state index contributed by atoms with van der Waals surface area (Å²) < 4.78 is 0. The van der Waals surface area contributed by atoms with E-state index >= 15 is 0 Å². The van der Waals surface area contributed by atoms with Crippen LogP contribution in [0, 0.1) is 5.92 Å². The van der Waals surface area contributed by atoms with Gasteiger partial charge in [-0.15, -0.1) is 0 Å². The highest BCUT2D eigenvalue weighted by Gasteiger charge is 2.72. The Hall–Kier alpha value is -0.120. The fourth-order valence-electron chi connectivity index (χ4n) is 5.22. The minimum Gasteiger partial charge on any atom is -0.311 e. The summed E-state index contributed by atoms with van der Waals surface area (Å²) >= 11 is 0. The fourth-order valence-corrected chi connectivity index (χ4v) is 5.22. The quantitative estimate of drug-likeness (QED) is 0.773. The summed E-state index contributed by atoms with van der Waals surface area (Å²) in [6.45, 7) is 4.59. The highest BCUT2D eigenvalue weighted by atomic mass is 15.7. The Morgan fingerprint density at radius 1 is 1.00 bits per heavy atom. The lowest BCUT2D eigenvalue weighted by Gasteiger charge is -2.32. The molecule has 0 radical (unpaired) electrons. The van der Waals surface area contributed by atoms with E-state index in [4.69, 9.17) is 5.73 Å². The molecule has 0 aromatic rings. The number of nitrogens with zero attached hydrogens (tertiary/aromatic N) is 1. The third-order valence-electron chi connectivity index (χ3n) is 6.43. The molecule has 2 saturated carbocycles. The third-order valence-corrected chi connectivity index (χ3v) is 6.43. The zero-order valence-electron chi connectivity index (χ0n) is 13.5. The molecule has 0 bridgehead atoms. The largest absolute Gasteiger partial charge is 0.311 e. The van der Waals surface area contributed by atoms with Gasteiger partial charge in [0.2, 0.25) is 0 Å². The van der Waals surface area contributed by atoms with E-state index < -0.39 is 0 Å². The van der Waals surface area contributed by atoms with Gasteiger partial charge in [-0.05, 0) is 44.9 Å². The van der Waals surface area contributed by atoms with Crippen LogP contribution in [-0.4, -0.2) is 22.3 Å². The molecule has 1 aliphatic heterocycles. The Labute approximate surface area is 124 Å². The molecule has 3 atom stereocenters. The topological polar surface area (TPSA) is 41.1 Å². The molecule has 116 valence electrons. The molecular weight excluding hydrogens is 246 g/mol. The molecule has 0 spiro atoms. The lowest BCUT2D eigenvalue weighted by molar-refractivity contribution is 0.160. The van der Waals surface area contributed by atoms with Gasteiger partial charge >= 0.3 is 0 Å². The van der Waals surface area contributed by atoms with Crippen LogP contribution in [0.25, 0.3) is 0 Å². The standard InChI is InChI=1S/C17H33N3/c1-3-17(14-10-6-4-7-11-14)16(2,18)20(17)19-15-12-8-5-9-13-15/h14-15,19H,3-13,18H2,1-2H3. The first-order valence-electron chi connectivity index (χ1n) is 8.98. The van der Waals surface area contributed by atoms with Crippen molar-refractivity contribution in [1.29, 1.82) is 0 Å². The van der Waals surface area contributed by atoms with Crippen molar-refractivity contribution >= 4 is 0 Å². The van der Waals surface area contributed by atoms with Gasteiger partial charge in [0.1, 0.15) is 5.66 Å². The molecule has 0 aromatic heterocycles. The van der Waals surface area contributed by atoms with Gasteiger partial charge in [0.15, 0.2) is 0 Å². The van der Waals surface area contributed by atoms with E-state index in [9.17, 15) is 0 Å². The van der Waals surface area contributed by atoms with Crippen LogP contribution in [0.15, 0.2) is 0 Å². The van der Waals surface area contributed by atoms with Crippen molar-refractivity contribution < 1.29 is 0 Å². The monoisotopic (exact) mass is 279 g/mol. The molecule has 20 heavy (non-hydrogen) atoms. The predicted octanol–water partition coefficient (Wildman–Crippen LogP) is 3.54. The first kappa shape index (κ1) is 14.8. The number of rotatable bonds is 4. The number of hydrogen-bond acceptors (Lipinski definition) is 3. The maximum Gasteiger partial charge on any atom is 0.100 e. The van der Waals surface area contributed by atoms with Crippen molar-refractivity contribution in [2.45, 2.75) is 102 Å². The predicted molar refractivity (Wildman–Crippen MR) is 84.0 cm³/mol. The Balaban J connectivity index is 1.69. The normalized spacial score (nSPS) is 43.6. The highest BCUT2D eigenvalue weighted by molar-refractivity contribution is 5.24. The van der Waals surface area contributed by atoms with Gasteiger partial charge in [0.05, 0.1) is 5.54 Å². The van der Waals surface area contributed by atoms with Crippen molar-refractivity contribution in [3.8, 4) is 0 Å². The Morgan fingerprint density at radius 2 is 1.55 bits per heavy atom. The van der Waals surface area contributed by atoms with Crippen LogP contribution in [0.5, 0.6) is 0 Å². The van der Waals surface area contributed by atoms with Crippen LogP contribution in [0.1, 0.15) is 84.5 Å². The molecule has 0 aromatic carbocycles. The van der Waals surface area contributed by atoms with Crippen molar-refractivity contribution in [3.63, 3.8) is 0 Å². The van der Waals surface area contributed by atoms with E-state index in [0.29, 0.717) is 6.04 Å². The molecule has 3 fully saturated rings. The van der Waals surface area contributed by atoms with Gasteiger partial charge in [-0.3, -0.25) is 0 Å². The van der Waals surface area contributed by atoms with Gasteiger partial charge in [-0.2, -0.15) is 0 Å². The van der Waals surface area contributed by atoms with Crippen LogP contribution < -0.4 is 11.2 Å². The summed E-state index contributed by atoms with van der Waals surface area (Å²) in [5, 5.41) is 2.46. The van der Waals surface area contributed by atoms with Gasteiger partial charge < -0.3 is 5.73 Å². The summed E-state index contributed by atoms with van der Waals surface area (Å²) in [6.07, 6.45) is 15.0. The smallest absolute Gasteiger partial charge is 0.100 e. The second-order valence-electron chi connectivity index (χ2n) is 7.56. The maximum atomic E-state index is 6.71. The van der Waals surface area contributed by atoms with Gasteiger partial charge in [0.25, 0.3) is 0 Å². The van der Waals surface area contributed by atoms with Gasteiger partial charge in [-0.1, -0.05) is 45.4 Å². The zero-order chi connectivity index (χ0) is 14.2. The van der Waals surface area contributed by atoms with Crippen LogP contribution in [0.3, 0.4) is 0 Å². The summed E-state index contributed by atoms with van der Waals surface area (Å²) in [4.78, 5) is 0. The minimum atomic E-state index is -0.138. The summed E-state index contributed by atoms with van der Waals surface area (Å²) in [7, 11) is 0. The second-order valence-corrected chi connectivity index (χ2v) is 7.56. The molecular formula is C17H33N3. The lowest BCUT2D eigenvalue weighted by atomic mass is 9.75. The number of hydrogen-bond donors (Lipinski definition) is 2. The minimum absolute atomic E-state index is 0.138. The van der Waals surface area contributed by atoms with Crippen LogP contribution in [0.4, 0.5) is 0 Å². The van der Waals surface area contributed by atoms with Crippen LogP contribution in [-0.2, 0) is 0 Å². The summed E-state index contributed by atoms with van der Waals surface area (Å²) in [5.41, 5.74) is 10.6.